The molecule has 1 saturated carbocycles. The average molecular weight is 447 g/mol. The summed E-state index contributed by atoms with van der Waals surface area (Å²) in [7, 11) is 5.80. The molecule has 31 heavy (non-hydrogen) atoms. The Labute approximate surface area is 188 Å². The summed E-state index contributed by atoms with van der Waals surface area (Å²) < 4.78 is 1.70. The molecule has 3 rings (SSSR count). The molecule has 0 saturated heterocycles. The lowest BCUT2D eigenvalue weighted by atomic mass is 9.85. The van der Waals surface area contributed by atoms with E-state index in [9.17, 15) is 4.79 Å². The fraction of sp³-hybridized carbons (Fsp3) is 0.524. The molecule has 9 nitrogen and oxygen atoms in total. The molecule has 1 fully saturated rings. The standard InChI is InChI=1S/C21H31ClN8O/c1-29(2)9-5-8-19(31)26-16-7-4-6-15(10-16)11-23-20-18(22)13-24-21(28-20)27-17-12-25-30(3)14-17/h5,8,12-16H,4,6-7,9-11H2,1-3H3,(H,26,31)(H2,23,24,27,28)/t15-,16-/m1/s1. The number of hydrogen-bond donors (Lipinski definition) is 3. The van der Waals surface area contributed by atoms with E-state index in [-0.39, 0.29) is 11.9 Å². The van der Waals surface area contributed by atoms with Gasteiger partial charge in [0, 0.05) is 38.5 Å². The van der Waals surface area contributed by atoms with E-state index < -0.39 is 0 Å². The number of hydrogen-bond acceptors (Lipinski definition) is 7. The van der Waals surface area contributed by atoms with Crippen molar-refractivity contribution in [1.29, 1.82) is 0 Å². The Morgan fingerprint density at radius 2 is 2.19 bits per heavy atom. The molecule has 10 heteroatoms. The highest BCUT2D eigenvalue weighted by Crippen LogP contribution is 2.26. The normalized spacial score (nSPS) is 19.0. The number of aromatic nitrogens is 4. The fourth-order valence-electron chi connectivity index (χ4n) is 3.63. The monoisotopic (exact) mass is 446 g/mol. The number of nitrogens with zero attached hydrogens (tertiary/aromatic N) is 5. The van der Waals surface area contributed by atoms with Crippen molar-refractivity contribution in [3.05, 3.63) is 35.8 Å². The maximum Gasteiger partial charge on any atom is 0.243 e. The van der Waals surface area contributed by atoms with Gasteiger partial charge in [-0.2, -0.15) is 10.1 Å². The summed E-state index contributed by atoms with van der Waals surface area (Å²) in [5, 5.41) is 14.2. The largest absolute Gasteiger partial charge is 0.368 e. The molecule has 1 amide bonds. The molecule has 1 aliphatic rings. The molecule has 2 aromatic heterocycles. The summed E-state index contributed by atoms with van der Waals surface area (Å²) in [5.41, 5.74) is 0.807. The van der Waals surface area contributed by atoms with Crippen LogP contribution < -0.4 is 16.0 Å². The van der Waals surface area contributed by atoms with E-state index in [4.69, 9.17) is 11.6 Å². The Kier molecular flexibility index (Phi) is 8.25. The SMILES string of the molecule is CN(C)CC=CC(=O)N[C@@H]1CCC[C@@H](CNc2nc(Nc3cnn(C)c3)ncc2Cl)C1. The molecule has 2 atom stereocenters. The molecule has 0 spiro atoms. The minimum Gasteiger partial charge on any atom is -0.368 e. The predicted octanol–water partition coefficient (Wildman–Crippen LogP) is 2.81. The fourth-order valence-corrected chi connectivity index (χ4v) is 3.79. The van der Waals surface area contributed by atoms with Crippen LogP contribution in [0.4, 0.5) is 17.5 Å². The smallest absolute Gasteiger partial charge is 0.243 e. The van der Waals surface area contributed by atoms with Gasteiger partial charge in [0.25, 0.3) is 0 Å². The molecule has 2 heterocycles. The van der Waals surface area contributed by atoms with Gasteiger partial charge < -0.3 is 20.9 Å². The second-order valence-corrected chi connectivity index (χ2v) is 8.61. The molecular weight excluding hydrogens is 416 g/mol. The zero-order valence-corrected chi connectivity index (χ0v) is 19.1. The van der Waals surface area contributed by atoms with Gasteiger partial charge in [-0.15, -0.1) is 0 Å². The van der Waals surface area contributed by atoms with Crippen LogP contribution >= 0.6 is 11.6 Å². The molecule has 3 N–H and O–H groups in total. The molecule has 2 aromatic rings. The van der Waals surface area contributed by atoms with E-state index in [1.165, 1.54) is 0 Å². The van der Waals surface area contributed by atoms with Gasteiger partial charge in [0.05, 0.1) is 18.1 Å². The van der Waals surface area contributed by atoms with E-state index in [1.54, 1.807) is 23.2 Å². The Morgan fingerprint density at radius 3 is 2.94 bits per heavy atom. The lowest BCUT2D eigenvalue weighted by Gasteiger charge is -2.29. The molecule has 0 unspecified atom stereocenters. The second kappa shape index (κ2) is 11.1. The van der Waals surface area contributed by atoms with Gasteiger partial charge >= 0.3 is 0 Å². The highest BCUT2D eigenvalue weighted by molar-refractivity contribution is 6.32. The van der Waals surface area contributed by atoms with Crippen molar-refractivity contribution in [3.63, 3.8) is 0 Å². The van der Waals surface area contributed by atoms with Gasteiger partial charge in [-0.3, -0.25) is 9.48 Å². The summed E-state index contributed by atoms with van der Waals surface area (Å²) in [6.07, 6.45) is 12.8. The number of nitrogens with one attached hydrogen (secondary N) is 3. The first-order valence-electron chi connectivity index (χ1n) is 10.5. The highest BCUT2D eigenvalue weighted by Gasteiger charge is 2.23. The van der Waals surface area contributed by atoms with Crippen LogP contribution in [0.15, 0.2) is 30.7 Å². The van der Waals surface area contributed by atoms with E-state index in [1.807, 2.05) is 38.3 Å². The number of rotatable bonds is 9. The van der Waals surface area contributed by atoms with Crippen LogP contribution in [0.25, 0.3) is 0 Å². The molecule has 0 aliphatic heterocycles. The number of carbonyl (C=O) groups excluding carboxylic acids is 1. The third kappa shape index (κ3) is 7.52. The summed E-state index contributed by atoms with van der Waals surface area (Å²) >= 11 is 6.29. The van der Waals surface area contributed by atoms with Gasteiger partial charge in [-0.1, -0.05) is 24.1 Å². The second-order valence-electron chi connectivity index (χ2n) is 8.20. The molecule has 0 aromatic carbocycles. The summed E-state index contributed by atoms with van der Waals surface area (Å²) in [5.74, 6) is 1.47. The Morgan fingerprint density at radius 1 is 1.35 bits per heavy atom. The van der Waals surface area contributed by atoms with Crippen molar-refractivity contribution in [2.24, 2.45) is 13.0 Å². The highest BCUT2D eigenvalue weighted by atomic mass is 35.5. The lowest BCUT2D eigenvalue weighted by Crippen LogP contribution is -2.39. The van der Waals surface area contributed by atoms with Gasteiger partial charge in [0.2, 0.25) is 11.9 Å². The maximum atomic E-state index is 12.1. The Hall–Kier alpha value is -2.65. The van der Waals surface area contributed by atoms with Gasteiger partial charge in [0.1, 0.15) is 5.02 Å². The van der Waals surface area contributed by atoms with E-state index in [2.05, 4.69) is 31.0 Å². The van der Waals surface area contributed by atoms with Crippen LogP contribution in [-0.4, -0.2) is 63.8 Å². The minimum atomic E-state index is -0.0228. The van der Waals surface area contributed by atoms with Crippen molar-refractivity contribution in [1.82, 2.24) is 30.0 Å². The number of carbonyl (C=O) groups is 1. The maximum absolute atomic E-state index is 12.1. The number of likely N-dealkylation sites (N-methyl/N-ethyl adjacent to an activating group) is 1. The van der Waals surface area contributed by atoms with Gasteiger partial charge in [-0.05, 0) is 39.3 Å². The zero-order valence-electron chi connectivity index (χ0n) is 18.3. The van der Waals surface area contributed by atoms with Crippen molar-refractivity contribution in [2.45, 2.75) is 31.7 Å². The minimum absolute atomic E-state index is 0.0228. The molecular formula is C21H31ClN8O. The van der Waals surface area contributed by atoms with Crippen molar-refractivity contribution in [2.75, 3.05) is 37.8 Å². The molecule has 0 bridgehead atoms. The summed E-state index contributed by atoms with van der Waals surface area (Å²) in [6, 6.07) is 0.195. The topological polar surface area (TPSA) is 100 Å². The molecule has 1 aliphatic carbocycles. The van der Waals surface area contributed by atoms with Crippen LogP contribution in [0.2, 0.25) is 5.02 Å². The number of anilines is 3. The first-order chi connectivity index (χ1) is 14.9. The Bertz CT molecular complexity index is 897. The number of aryl methyl sites for hydroxylation is 1. The van der Waals surface area contributed by atoms with Gasteiger partial charge in [-0.25, -0.2) is 4.98 Å². The molecule has 168 valence electrons. The van der Waals surface area contributed by atoms with Crippen LogP contribution in [0.1, 0.15) is 25.7 Å². The van der Waals surface area contributed by atoms with Crippen LogP contribution in [0.5, 0.6) is 0 Å². The first kappa shape index (κ1) is 23.0. The van der Waals surface area contributed by atoms with Gasteiger partial charge in [0.15, 0.2) is 5.82 Å². The third-order valence-electron chi connectivity index (χ3n) is 5.13. The summed E-state index contributed by atoms with van der Waals surface area (Å²) in [4.78, 5) is 22.9. The zero-order chi connectivity index (χ0) is 22.2. The van der Waals surface area contributed by atoms with Crippen molar-refractivity contribution in [3.8, 4) is 0 Å². The number of halogens is 1. The average Bonchev–Trinajstić information content (AvgIpc) is 3.13. The predicted molar refractivity (Wildman–Crippen MR) is 124 cm³/mol. The van der Waals surface area contributed by atoms with Crippen molar-refractivity contribution >= 4 is 35.0 Å². The first-order valence-corrected chi connectivity index (χ1v) is 10.9. The molecule has 0 radical (unpaired) electrons. The van der Waals surface area contributed by atoms with Crippen LogP contribution in [-0.2, 0) is 11.8 Å². The van der Waals surface area contributed by atoms with Crippen LogP contribution in [0.3, 0.4) is 0 Å². The van der Waals surface area contributed by atoms with E-state index in [0.29, 0.717) is 22.7 Å². The number of amides is 1. The third-order valence-corrected chi connectivity index (χ3v) is 5.41. The van der Waals surface area contributed by atoms with Crippen LogP contribution in [0, 0.1) is 5.92 Å². The lowest BCUT2D eigenvalue weighted by molar-refractivity contribution is -0.117. The van der Waals surface area contributed by atoms with Crippen molar-refractivity contribution < 1.29 is 4.79 Å². The Balaban J connectivity index is 1.50. The quantitative estimate of drug-likeness (QED) is 0.509. The van der Waals surface area contributed by atoms with E-state index >= 15 is 0 Å². The summed E-state index contributed by atoms with van der Waals surface area (Å²) in [6.45, 7) is 1.49. The van der Waals surface area contributed by atoms with E-state index in [0.717, 1.165) is 44.5 Å².